The highest BCUT2D eigenvalue weighted by Gasteiger charge is 2.25. The Balaban J connectivity index is 1.60. The minimum absolute atomic E-state index is 0.0539. The molecule has 11 nitrogen and oxygen atoms in total. The lowest BCUT2D eigenvalue weighted by Gasteiger charge is -2.24. The van der Waals surface area contributed by atoms with Gasteiger partial charge in [0.05, 0.1) is 6.61 Å². The lowest BCUT2D eigenvalue weighted by atomic mass is 9.98. The van der Waals surface area contributed by atoms with Crippen LogP contribution in [0.25, 0.3) is 5.95 Å². The molecule has 0 saturated carbocycles. The molecule has 5 rings (SSSR count). The van der Waals surface area contributed by atoms with E-state index >= 15 is 0 Å². The Morgan fingerprint density at radius 3 is 2.74 bits per heavy atom. The number of fused-ring (bicyclic) bond motifs is 1. The fourth-order valence-electron chi connectivity index (χ4n) is 3.82. The second-order valence-electron chi connectivity index (χ2n) is 7.76. The maximum Gasteiger partial charge on any atom is 0.350 e. The fraction of sp³-hybridized carbons (Fsp3) is 0.174. The third kappa shape index (κ3) is 4.46. The van der Waals surface area contributed by atoms with Crippen molar-refractivity contribution in [3.8, 4) is 11.7 Å². The fourth-order valence-corrected chi connectivity index (χ4v) is 3.82. The Kier molecular flexibility index (Phi) is 5.94. The minimum atomic E-state index is -0.737. The number of nitrogens with two attached hydrogens (primary N) is 1. The zero-order valence-corrected chi connectivity index (χ0v) is 18.4. The molecule has 0 fully saturated rings. The first-order chi connectivity index (χ1) is 17.0. The second-order valence-corrected chi connectivity index (χ2v) is 7.76. The summed E-state index contributed by atoms with van der Waals surface area (Å²) in [6.45, 7) is -0.420. The zero-order valence-electron chi connectivity index (χ0n) is 18.4. The molecule has 5 N–H and O–H groups in total. The normalized spacial score (nSPS) is 13.5. The predicted octanol–water partition coefficient (Wildman–Crippen LogP) is 2.17. The van der Waals surface area contributed by atoms with Gasteiger partial charge < -0.3 is 20.5 Å². The van der Waals surface area contributed by atoms with Gasteiger partial charge in [-0.05, 0) is 48.0 Å². The highest BCUT2D eigenvalue weighted by molar-refractivity contribution is 5.95. The van der Waals surface area contributed by atoms with Gasteiger partial charge in [-0.15, -0.1) is 9.78 Å². The van der Waals surface area contributed by atoms with Crippen LogP contribution in [0.2, 0.25) is 0 Å². The van der Waals surface area contributed by atoms with Crippen LogP contribution in [-0.2, 0) is 18.0 Å². The molecular weight excluding hydrogens is 455 g/mol. The summed E-state index contributed by atoms with van der Waals surface area (Å²) >= 11 is 0. The van der Waals surface area contributed by atoms with Crippen molar-refractivity contribution in [1.29, 1.82) is 5.41 Å². The maximum absolute atomic E-state index is 13.9. The van der Waals surface area contributed by atoms with E-state index in [4.69, 9.17) is 20.6 Å². The largest absolute Gasteiger partial charge is 0.467 e. The van der Waals surface area contributed by atoms with Crippen molar-refractivity contribution < 1.29 is 13.9 Å². The van der Waals surface area contributed by atoms with Crippen molar-refractivity contribution in [3.05, 3.63) is 93.4 Å². The molecule has 1 aliphatic heterocycles. The van der Waals surface area contributed by atoms with Crippen LogP contribution < -0.4 is 21.5 Å². The van der Waals surface area contributed by atoms with Gasteiger partial charge in [-0.2, -0.15) is 0 Å². The summed E-state index contributed by atoms with van der Waals surface area (Å²) in [5.74, 6) is 0.784. The monoisotopic (exact) mass is 476 g/mol. The Morgan fingerprint density at radius 2 is 2.03 bits per heavy atom. The lowest BCUT2D eigenvalue weighted by molar-refractivity contribution is -0.0174. The van der Waals surface area contributed by atoms with Crippen molar-refractivity contribution in [2.75, 3.05) is 12.1 Å². The predicted molar refractivity (Wildman–Crippen MR) is 124 cm³/mol. The molecule has 3 heterocycles. The van der Waals surface area contributed by atoms with Crippen molar-refractivity contribution in [2.45, 2.75) is 19.3 Å². The van der Waals surface area contributed by atoms with Gasteiger partial charge in [-0.1, -0.05) is 0 Å². The maximum atomic E-state index is 13.9. The summed E-state index contributed by atoms with van der Waals surface area (Å²) < 4.78 is 25.9. The molecule has 12 heteroatoms. The van der Waals surface area contributed by atoms with E-state index in [1.807, 2.05) is 6.07 Å². The third-order valence-corrected chi connectivity index (χ3v) is 5.44. The van der Waals surface area contributed by atoms with E-state index in [-0.39, 0.29) is 31.0 Å². The number of hydrogen-bond donors (Lipinski definition) is 4. The summed E-state index contributed by atoms with van der Waals surface area (Å²) in [7, 11) is 0. The third-order valence-electron chi connectivity index (χ3n) is 5.44. The van der Waals surface area contributed by atoms with Crippen molar-refractivity contribution >= 4 is 11.5 Å². The SMILES string of the molecule is N=C(N)c1ccc(N[C@@H](c2cc(CF)c3c(c2)COCO3)c2nn(-c3ncccn3)c(=O)[nH]2)cc1. The standard InChI is InChI=1S/C23H21FN8O3/c24-10-15-8-14(9-16-11-34-12-35-19(15)16)18(29-17-4-2-13(3-5-17)20(25)26)21-30-23(33)32(31-21)22-27-6-1-7-28-22/h1-9,18,29H,10-12H2,(H3,25,26)(H,30,31,33)/t18-/m0/s1. The number of nitrogens with zero attached hydrogens (tertiary/aromatic N) is 4. The number of aromatic nitrogens is 5. The number of nitrogens with one attached hydrogen (secondary N) is 3. The van der Waals surface area contributed by atoms with Crippen LogP contribution >= 0.6 is 0 Å². The smallest absolute Gasteiger partial charge is 0.350 e. The molecule has 0 saturated heterocycles. The number of H-pyrrole nitrogens is 1. The molecule has 4 aromatic rings. The second kappa shape index (κ2) is 9.35. The topological polar surface area (TPSA) is 157 Å². The molecule has 0 bridgehead atoms. The summed E-state index contributed by atoms with van der Waals surface area (Å²) in [5.41, 5.74) is 7.95. The molecule has 0 amide bonds. The lowest BCUT2D eigenvalue weighted by Crippen LogP contribution is -2.18. The number of nitrogen functional groups attached to an aromatic ring is 1. The number of anilines is 1. The highest BCUT2D eigenvalue weighted by Crippen LogP contribution is 2.34. The first-order valence-electron chi connectivity index (χ1n) is 10.6. The zero-order chi connectivity index (χ0) is 24.4. The van der Waals surface area contributed by atoms with Gasteiger partial charge >= 0.3 is 5.69 Å². The molecular formula is C23H21FN8O3. The van der Waals surface area contributed by atoms with E-state index in [2.05, 4.69) is 25.4 Å². The van der Waals surface area contributed by atoms with E-state index in [9.17, 15) is 9.18 Å². The van der Waals surface area contributed by atoms with Crippen LogP contribution in [0.5, 0.6) is 5.75 Å². The molecule has 1 atom stereocenters. The van der Waals surface area contributed by atoms with Crippen molar-refractivity contribution in [1.82, 2.24) is 24.7 Å². The molecule has 178 valence electrons. The number of halogens is 1. The Labute approximate surface area is 198 Å². The van der Waals surface area contributed by atoms with Gasteiger partial charge in [0.1, 0.15) is 24.3 Å². The van der Waals surface area contributed by atoms with Gasteiger partial charge in [0.15, 0.2) is 12.6 Å². The van der Waals surface area contributed by atoms with E-state index in [0.717, 1.165) is 4.68 Å². The molecule has 0 aliphatic carbocycles. The van der Waals surface area contributed by atoms with E-state index in [1.165, 1.54) is 12.4 Å². The van der Waals surface area contributed by atoms with E-state index in [1.54, 1.807) is 36.4 Å². The molecule has 2 aromatic heterocycles. The number of ether oxygens (including phenoxy) is 2. The van der Waals surface area contributed by atoms with Crippen LogP contribution in [0.15, 0.2) is 59.7 Å². The summed E-state index contributed by atoms with van der Waals surface area (Å²) in [5, 5.41) is 15.3. The Hall–Kier alpha value is -4.58. The van der Waals surface area contributed by atoms with Gasteiger partial charge in [0, 0.05) is 34.8 Å². The van der Waals surface area contributed by atoms with Crippen molar-refractivity contribution in [2.24, 2.45) is 5.73 Å². The van der Waals surface area contributed by atoms with Crippen LogP contribution in [0.3, 0.4) is 0 Å². The number of benzene rings is 2. The first kappa shape index (κ1) is 22.2. The van der Waals surface area contributed by atoms with Gasteiger partial charge in [-0.3, -0.25) is 10.4 Å². The number of hydrogen-bond acceptors (Lipinski definition) is 8. The number of amidine groups is 1. The molecule has 0 unspecified atom stereocenters. The molecule has 2 aromatic carbocycles. The van der Waals surface area contributed by atoms with E-state index in [0.29, 0.717) is 33.7 Å². The number of aromatic amines is 1. The Morgan fingerprint density at radius 1 is 1.26 bits per heavy atom. The van der Waals surface area contributed by atoms with Gasteiger partial charge in [-0.25, -0.2) is 19.2 Å². The quantitative estimate of drug-likeness (QED) is 0.233. The van der Waals surface area contributed by atoms with E-state index < -0.39 is 18.4 Å². The average molecular weight is 476 g/mol. The van der Waals surface area contributed by atoms with Crippen LogP contribution in [-0.4, -0.2) is 37.4 Å². The number of rotatable bonds is 7. The number of alkyl halides is 1. The highest BCUT2D eigenvalue weighted by atomic mass is 19.1. The Bertz CT molecular complexity index is 1400. The summed E-state index contributed by atoms with van der Waals surface area (Å²) in [6, 6.07) is 11.3. The van der Waals surface area contributed by atoms with Crippen molar-refractivity contribution in [3.63, 3.8) is 0 Å². The molecule has 0 spiro atoms. The summed E-state index contributed by atoms with van der Waals surface area (Å²) in [6.07, 6.45) is 3.01. The van der Waals surface area contributed by atoms with Crippen LogP contribution in [0, 0.1) is 5.41 Å². The average Bonchev–Trinajstić information content (AvgIpc) is 3.28. The molecule has 0 radical (unpaired) electrons. The van der Waals surface area contributed by atoms with Crippen LogP contribution in [0.4, 0.5) is 10.1 Å². The molecule has 1 aliphatic rings. The van der Waals surface area contributed by atoms with Gasteiger partial charge in [0.25, 0.3) is 5.95 Å². The van der Waals surface area contributed by atoms with Gasteiger partial charge in [0.2, 0.25) is 0 Å². The molecule has 35 heavy (non-hydrogen) atoms. The minimum Gasteiger partial charge on any atom is -0.467 e. The first-order valence-corrected chi connectivity index (χ1v) is 10.6. The van der Waals surface area contributed by atoms with Crippen LogP contribution in [0.1, 0.15) is 34.1 Å². The summed E-state index contributed by atoms with van der Waals surface area (Å²) in [4.78, 5) is 23.6.